The standard InChI is InChI=1S/C12H13Cl2N3O2S/c1-7-12(14)10(17(2)16-7)6-20(18,19)11-5-8(15)3-4-9(11)13/h3-5H,6,15H2,1-2H3. The van der Waals surface area contributed by atoms with E-state index in [1.54, 1.807) is 20.0 Å². The van der Waals surface area contributed by atoms with E-state index < -0.39 is 9.84 Å². The summed E-state index contributed by atoms with van der Waals surface area (Å²) in [4.78, 5) is -0.00548. The van der Waals surface area contributed by atoms with E-state index in [-0.39, 0.29) is 15.7 Å². The Morgan fingerprint density at radius 1 is 1.35 bits per heavy atom. The maximum absolute atomic E-state index is 12.4. The monoisotopic (exact) mass is 333 g/mol. The Morgan fingerprint density at radius 2 is 2.00 bits per heavy atom. The van der Waals surface area contributed by atoms with Crippen molar-refractivity contribution in [3.8, 4) is 0 Å². The Balaban J connectivity index is 2.49. The maximum atomic E-state index is 12.4. The van der Waals surface area contributed by atoms with E-state index in [0.29, 0.717) is 22.1 Å². The van der Waals surface area contributed by atoms with Crippen LogP contribution in [0.15, 0.2) is 23.1 Å². The van der Waals surface area contributed by atoms with Gasteiger partial charge in [0, 0.05) is 12.7 Å². The van der Waals surface area contributed by atoms with Crippen LogP contribution in [0.5, 0.6) is 0 Å². The van der Waals surface area contributed by atoms with Crippen molar-refractivity contribution in [2.45, 2.75) is 17.6 Å². The van der Waals surface area contributed by atoms with Crippen molar-refractivity contribution in [1.82, 2.24) is 9.78 Å². The number of anilines is 1. The molecule has 0 atom stereocenters. The number of hydrogen-bond donors (Lipinski definition) is 1. The van der Waals surface area contributed by atoms with Crippen molar-refractivity contribution < 1.29 is 8.42 Å². The summed E-state index contributed by atoms with van der Waals surface area (Å²) in [5.74, 6) is -0.285. The SMILES string of the molecule is Cc1nn(C)c(CS(=O)(=O)c2cc(N)ccc2Cl)c1Cl. The number of halogens is 2. The van der Waals surface area contributed by atoms with E-state index in [4.69, 9.17) is 28.9 Å². The fourth-order valence-corrected chi connectivity index (χ4v) is 4.16. The Morgan fingerprint density at radius 3 is 2.55 bits per heavy atom. The molecule has 0 fully saturated rings. The van der Waals surface area contributed by atoms with E-state index in [1.807, 2.05) is 0 Å². The van der Waals surface area contributed by atoms with Crippen molar-refractivity contribution in [3.05, 3.63) is 39.6 Å². The van der Waals surface area contributed by atoms with Crippen LogP contribution < -0.4 is 5.73 Å². The van der Waals surface area contributed by atoms with Gasteiger partial charge in [-0.05, 0) is 25.1 Å². The zero-order valence-electron chi connectivity index (χ0n) is 10.9. The van der Waals surface area contributed by atoms with Crippen LogP contribution in [0.4, 0.5) is 5.69 Å². The van der Waals surface area contributed by atoms with Crippen molar-refractivity contribution in [2.75, 3.05) is 5.73 Å². The van der Waals surface area contributed by atoms with Gasteiger partial charge in [0.2, 0.25) is 0 Å². The zero-order valence-corrected chi connectivity index (χ0v) is 13.2. The molecule has 0 saturated carbocycles. The highest BCUT2D eigenvalue weighted by atomic mass is 35.5. The minimum absolute atomic E-state index is 0.00548. The summed E-state index contributed by atoms with van der Waals surface area (Å²) in [5.41, 5.74) is 6.95. The van der Waals surface area contributed by atoms with Gasteiger partial charge in [-0.2, -0.15) is 5.10 Å². The van der Waals surface area contributed by atoms with Gasteiger partial charge in [-0.3, -0.25) is 4.68 Å². The predicted molar refractivity (Wildman–Crippen MR) is 79.7 cm³/mol. The highest BCUT2D eigenvalue weighted by molar-refractivity contribution is 7.90. The van der Waals surface area contributed by atoms with Crippen LogP contribution in [0.1, 0.15) is 11.4 Å². The minimum atomic E-state index is -3.66. The molecule has 0 bridgehead atoms. The van der Waals surface area contributed by atoms with Crippen molar-refractivity contribution in [2.24, 2.45) is 7.05 Å². The molecule has 0 aliphatic rings. The predicted octanol–water partition coefficient (Wildman–Crippen LogP) is 2.59. The number of sulfone groups is 1. The molecule has 0 aliphatic heterocycles. The number of benzene rings is 1. The molecule has 2 rings (SSSR count). The van der Waals surface area contributed by atoms with Gasteiger partial charge in [-0.25, -0.2) is 8.42 Å². The molecule has 20 heavy (non-hydrogen) atoms. The van der Waals surface area contributed by atoms with Gasteiger partial charge >= 0.3 is 0 Å². The lowest BCUT2D eigenvalue weighted by molar-refractivity contribution is 0.592. The van der Waals surface area contributed by atoms with Crippen LogP contribution in [0, 0.1) is 6.92 Å². The third-order valence-electron chi connectivity index (χ3n) is 2.88. The lowest BCUT2D eigenvalue weighted by Gasteiger charge is -2.08. The van der Waals surface area contributed by atoms with E-state index in [9.17, 15) is 8.42 Å². The van der Waals surface area contributed by atoms with Gasteiger partial charge in [0.15, 0.2) is 9.84 Å². The normalized spacial score (nSPS) is 11.8. The Hall–Kier alpha value is -1.24. The van der Waals surface area contributed by atoms with E-state index in [1.165, 1.54) is 16.8 Å². The number of nitrogen functional groups attached to an aromatic ring is 1. The van der Waals surface area contributed by atoms with Gasteiger partial charge in [-0.1, -0.05) is 23.2 Å². The first-order valence-electron chi connectivity index (χ1n) is 5.68. The smallest absolute Gasteiger partial charge is 0.185 e. The molecule has 5 nitrogen and oxygen atoms in total. The summed E-state index contributed by atoms with van der Waals surface area (Å²) in [6, 6.07) is 4.34. The van der Waals surface area contributed by atoms with Gasteiger partial charge in [-0.15, -0.1) is 0 Å². The average Bonchev–Trinajstić information content (AvgIpc) is 2.59. The van der Waals surface area contributed by atoms with Gasteiger partial charge in [0.1, 0.15) is 0 Å². The first-order chi connectivity index (χ1) is 9.22. The fraction of sp³-hybridized carbons (Fsp3) is 0.250. The molecule has 1 aromatic carbocycles. The number of nitrogens with zero attached hydrogens (tertiary/aromatic N) is 2. The number of aromatic nitrogens is 2. The maximum Gasteiger partial charge on any atom is 0.185 e. The zero-order chi connectivity index (χ0) is 15.1. The van der Waals surface area contributed by atoms with Crippen LogP contribution in [0.3, 0.4) is 0 Å². The summed E-state index contributed by atoms with van der Waals surface area (Å²) >= 11 is 12.0. The van der Waals surface area contributed by atoms with Crippen LogP contribution in [-0.4, -0.2) is 18.2 Å². The molecule has 8 heteroatoms. The molecule has 0 spiro atoms. The van der Waals surface area contributed by atoms with Crippen LogP contribution in [-0.2, 0) is 22.6 Å². The molecular formula is C12H13Cl2N3O2S. The summed E-state index contributed by atoms with van der Waals surface area (Å²) in [5, 5.41) is 4.57. The second-order valence-electron chi connectivity index (χ2n) is 4.42. The third-order valence-corrected chi connectivity index (χ3v) is 5.47. The second-order valence-corrected chi connectivity index (χ2v) is 7.16. The van der Waals surface area contributed by atoms with Crippen LogP contribution in [0.2, 0.25) is 10.0 Å². The molecule has 0 unspecified atom stereocenters. The number of rotatable bonds is 3. The van der Waals surface area contributed by atoms with Crippen molar-refractivity contribution in [3.63, 3.8) is 0 Å². The van der Waals surface area contributed by atoms with Gasteiger partial charge in [0.25, 0.3) is 0 Å². The van der Waals surface area contributed by atoms with Gasteiger partial charge in [0.05, 0.1) is 32.1 Å². The lowest BCUT2D eigenvalue weighted by Crippen LogP contribution is -2.10. The molecular weight excluding hydrogens is 321 g/mol. The first-order valence-corrected chi connectivity index (χ1v) is 8.09. The van der Waals surface area contributed by atoms with Crippen LogP contribution in [0.25, 0.3) is 0 Å². The quantitative estimate of drug-likeness (QED) is 0.875. The van der Waals surface area contributed by atoms with E-state index in [0.717, 1.165) is 0 Å². The highest BCUT2D eigenvalue weighted by Crippen LogP contribution is 2.29. The molecule has 2 aromatic rings. The molecule has 1 heterocycles. The fourth-order valence-electron chi connectivity index (χ4n) is 1.85. The molecule has 0 amide bonds. The minimum Gasteiger partial charge on any atom is -0.399 e. The first kappa shape index (κ1) is 15.2. The molecule has 0 aliphatic carbocycles. The van der Waals surface area contributed by atoms with E-state index >= 15 is 0 Å². The van der Waals surface area contributed by atoms with Gasteiger partial charge < -0.3 is 5.73 Å². The number of hydrogen-bond acceptors (Lipinski definition) is 4. The summed E-state index contributed by atoms with van der Waals surface area (Å²) in [6.07, 6.45) is 0. The van der Waals surface area contributed by atoms with E-state index in [2.05, 4.69) is 5.10 Å². The Labute approximate surface area is 127 Å². The highest BCUT2D eigenvalue weighted by Gasteiger charge is 2.23. The second kappa shape index (κ2) is 5.27. The largest absolute Gasteiger partial charge is 0.399 e. The topological polar surface area (TPSA) is 78.0 Å². The lowest BCUT2D eigenvalue weighted by atomic mass is 10.3. The van der Waals surface area contributed by atoms with Crippen LogP contribution >= 0.6 is 23.2 Å². The van der Waals surface area contributed by atoms with Crippen molar-refractivity contribution >= 4 is 38.7 Å². The molecule has 0 saturated heterocycles. The van der Waals surface area contributed by atoms with Crippen molar-refractivity contribution in [1.29, 1.82) is 0 Å². The number of aryl methyl sites for hydroxylation is 2. The molecule has 2 N–H and O–H groups in total. The summed E-state index contributed by atoms with van der Waals surface area (Å²) < 4.78 is 26.4. The molecule has 108 valence electrons. The average molecular weight is 334 g/mol. The summed E-state index contributed by atoms with van der Waals surface area (Å²) in [7, 11) is -2.01. The number of nitrogens with two attached hydrogens (primary N) is 1. The molecule has 1 aromatic heterocycles. The Bertz CT molecular complexity index is 769. The third kappa shape index (κ3) is 2.77. The molecule has 0 radical (unpaired) electrons. The Kier molecular flexibility index (Phi) is 4.00. The summed E-state index contributed by atoms with van der Waals surface area (Å²) in [6.45, 7) is 1.71.